The maximum absolute atomic E-state index is 13.0. The summed E-state index contributed by atoms with van der Waals surface area (Å²) in [5, 5.41) is -0.241. The number of imide groups is 1. The van der Waals surface area contributed by atoms with Crippen molar-refractivity contribution in [2.24, 2.45) is 0 Å². The van der Waals surface area contributed by atoms with Crippen molar-refractivity contribution in [3.05, 3.63) is 81.5 Å². The van der Waals surface area contributed by atoms with Gasteiger partial charge in [-0.15, -0.1) is 0 Å². The normalized spacial score (nSPS) is 16.7. The zero-order chi connectivity index (χ0) is 23.1. The fourth-order valence-corrected chi connectivity index (χ4v) is 5.07. The summed E-state index contributed by atoms with van der Waals surface area (Å²) in [7, 11) is 0. The van der Waals surface area contributed by atoms with E-state index < -0.39 is 0 Å². The molecule has 3 aromatic rings. The zero-order valence-electron chi connectivity index (χ0n) is 18.8. The lowest BCUT2D eigenvalue weighted by Crippen LogP contribution is -2.27. The molecule has 0 saturated carbocycles. The first-order valence-corrected chi connectivity index (χ1v) is 11.6. The van der Waals surface area contributed by atoms with Gasteiger partial charge in [-0.05, 0) is 73.5 Å². The van der Waals surface area contributed by atoms with Gasteiger partial charge in [0.15, 0.2) is 11.5 Å². The van der Waals surface area contributed by atoms with Crippen LogP contribution in [0.1, 0.15) is 28.1 Å². The SMILES string of the molecule is Cc1ccccc1CN1C(=O)S/C(=C\c2cc(C)n(-c3ccc4c(c3)OCCO4)c2C)C1=O. The van der Waals surface area contributed by atoms with Crippen LogP contribution in [-0.2, 0) is 11.3 Å². The second-order valence-electron chi connectivity index (χ2n) is 8.18. The first-order chi connectivity index (χ1) is 15.9. The molecule has 2 aliphatic heterocycles. The average molecular weight is 461 g/mol. The number of fused-ring (bicyclic) bond motifs is 1. The average Bonchev–Trinajstić information content (AvgIpc) is 3.24. The van der Waals surface area contributed by atoms with E-state index in [1.807, 2.05) is 75.4 Å². The van der Waals surface area contributed by atoms with Crippen molar-refractivity contribution in [2.45, 2.75) is 27.3 Å². The summed E-state index contributed by atoms with van der Waals surface area (Å²) in [6.07, 6.45) is 1.82. The van der Waals surface area contributed by atoms with Crippen LogP contribution in [0.25, 0.3) is 11.8 Å². The molecule has 33 heavy (non-hydrogen) atoms. The lowest BCUT2D eigenvalue weighted by atomic mass is 10.1. The van der Waals surface area contributed by atoms with Gasteiger partial charge >= 0.3 is 0 Å². The molecule has 0 aliphatic carbocycles. The Balaban J connectivity index is 1.44. The topological polar surface area (TPSA) is 60.8 Å². The van der Waals surface area contributed by atoms with Crippen molar-refractivity contribution in [3.8, 4) is 17.2 Å². The Morgan fingerprint density at radius 3 is 2.52 bits per heavy atom. The molecular formula is C26H24N2O4S. The van der Waals surface area contributed by atoms with Gasteiger partial charge in [0.2, 0.25) is 0 Å². The largest absolute Gasteiger partial charge is 0.486 e. The summed E-state index contributed by atoms with van der Waals surface area (Å²) in [6.45, 7) is 7.38. The number of hydrogen-bond acceptors (Lipinski definition) is 5. The molecule has 168 valence electrons. The van der Waals surface area contributed by atoms with Crippen LogP contribution in [0.15, 0.2) is 53.4 Å². The number of benzene rings is 2. The number of rotatable bonds is 4. The Bertz CT molecular complexity index is 1310. The summed E-state index contributed by atoms with van der Waals surface area (Å²) < 4.78 is 13.5. The predicted octanol–water partition coefficient (Wildman–Crippen LogP) is 5.41. The van der Waals surface area contributed by atoms with E-state index in [9.17, 15) is 9.59 Å². The monoisotopic (exact) mass is 460 g/mol. The molecular weight excluding hydrogens is 436 g/mol. The first-order valence-electron chi connectivity index (χ1n) is 10.8. The number of ether oxygens (including phenoxy) is 2. The third-order valence-electron chi connectivity index (χ3n) is 6.00. The molecule has 2 aliphatic rings. The van der Waals surface area contributed by atoms with Crippen LogP contribution in [0.4, 0.5) is 4.79 Å². The summed E-state index contributed by atoms with van der Waals surface area (Å²) in [4.78, 5) is 27.4. The van der Waals surface area contributed by atoms with Gasteiger partial charge in [-0.25, -0.2) is 0 Å². The maximum atomic E-state index is 13.0. The van der Waals surface area contributed by atoms with E-state index in [1.165, 1.54) is 4.90 Å². The number of nitrogens with zero attached hydrogens (tertiary/aromatic N) is 2. The third kappa shape index (κ3) is 3.93. The molecule has 0 bridgehead atoms. The molecule has 3 heterocycles. The molecule has 2 aromatic carbocycles. The Hall–Kier alpha value is -3.45. The summed E-state index contributed by atoms with van der Waals surface area (Å²) in [5.74, 6) is 1.22. The number of thioether (sulfide) groups is 1. The fraction of sp³-hybridized carbons (Fsp3) is 0.231. The number of aromatic nitrogens is 1. The van der Waals surface area contributed by atoms with Gasteiger partial charge in [-0.1, -0.05) is 24.3 Å². The van der Waals surface area contributed by atoms with Gasteiger partial charge < -0.3 is 14.0 Å². The smallest absolute Gasteiger partial charge is 0.293 e. The molecule has 1 fully saturated rings. The van der Waals surface area contributed by atoms with E-state index in [2.05, 4.69) is 4.57 Å². The minimum atomic E-state index is -0.252. The Morgan fingerprint density at radius 2 is 1.73 bits per heavy atom. The highest BCUT2D eigenvalue weighted by Gasteiger charge is 2.35. The van der Waals surface area contributed by atoms with Crippen LogP contribution in [0.3, 0.4) is 0 Å². The van der Waals surface area contributed by atoms with Crippen LogP contribution in [0.2, 0.25) is 0 Å². The van der Waals surface area contributed by atoms with Gasteiger partial charge in [-0.2, -0.15) is 0 Å². The van der Waals surface area contributed by atoms with Crippen molar-refractivity contribution < 1.29 is 19.1 Å². The third-order valence-corrected chi connectivity index (χ3v) is 6.91. The highest BCUT2D eigenvalue weighted by molar-refractivity contribution is 8.18. The van der Waals surface area contributed by atoms with E-state index in [0.29, 0.717) is 18.1 Å². The second kappa shape index (κ2) is 8.48. The van der Waals surface area contributed by atoms with Gasteiger partial charge in [0, 0.05) is 23.1 Å². The van der Waals surface area contributed by atoms with Crippen LogP contribution in [-0.4, -0.2) is 33.8 Å². The van der Waals surface area contributed by atoms with Crippen molar-refractivity contribution in [2.75, 3.05) is 13.2 Å². The zero-order valence-corrected chi connectivity index (χ0v) is 19.6. The highest BCUT2D eigenvalue weighted by Crippen LogP contribution is 2.36. The van der Waals surface area contributed by atoms with E-state index in [1.54, 1.807) is 0 Å². The van der Waals surface area contributed by atoms with Crippen molar-refractivity contribution in [1.29, 1.82) is 0 Å². The van der Waals surface area contributed by atoms with E-state index in [0.717, 1.165) is 57.0 Å². The van der Waals surface area contributed by atoms with Gasteiger partial charge in [-0.3, -0.25) is 14.5 Å². The Kier molecular flexibility index (Phi) is 5.50. The summed E-state index contributed by atoms with van der Waals surface area (Å²) in [5.41, 5.74) is 5.90. The molecule has 0 N–H and O–H groups in total. The highest BCUT2D eigenvalue weighted by atomic mass is 32.2. The lowest BCUT2D eigenvalue weighted by Gasteiger charge is -2.20. The predicted molar refractivity (Wildman–Crippen MR) is 129 cm³/mol. The number of carbonyl (C=O) groups excluding carboxylic acids is 2. The van der Waals surface area contributed by atoms with Gasteiger partial charge in [0.05, 0.1) is 11.4 Å². The molecule has 2 amide bonds. The molecule has 5 rings (SSSR count). The van der Waals surface area contributed by atoms with Crippen molar-refractivity contribution in [1.82, 2.24) is 9.47 Å². The minimum Gasteiger partial charge on any atom is -0.486 e. The van der Waals surface area contributed by atoms with Crippen LogP contribution >= 0.6 is 11.8 Å². The van der Waals surface area contributed by atoms with E-state index in [-0.39, 0.29) is 17.7 Å². The molecule has 6 nitrogen and oxygen atoms in total. The summed E-state index contributed by atoms with van der Waals surface area (Å²) >= 11 is 0.993. The lowest BCUT2D eigenvalue weighted by molar-refractivity contribution is -0.123. The van der Waals surface area contributed by atoms with Crippen LogP contribution < -0.4 is 9.47 Å². The van der Waals surface area contributed by atoms with Crippen molar-refractivity contribution in [3.63, 3.8) is 0 Å². The number of amides is 2. The standard InChI is InChI=1S/C26H24N2O4S/c1-16-6-4-5-7-19(16)15-27-25(29)24(33-26(27)30)13-20-12-17(2)28(18(20)3)21-8-9-22-23(14-21)32-11-10-31-22/h4-9,12-14H,10-11,15H2,1-3H3/b24-13-. The molecule has 0 atom stereocenters. The first kappa shape index (κ1) is 21.4. The molecule has 7 heteroatoms. The Labute approximate surface area is 196 Å². The van der Waals surface area contributed by atoms with Crippen LogP contribution in [0, 0.1) is 20.8 Å². The van der Waals surface area contributed by atoms with Gasteiger partial charge in [0.1, 0.15) is 13.2 Å². The molecule has 1 aromatic heterocycles. The molecule has 1 saturated heterocycles. The second-order valence-corrected chi connectivity index (χ2v) is 9.18. The number of carbonyl (C=O) groups is 2. The number of aryl methyl sites for hydroxylation is 2. The molecule has 0 radical (unpaired) electrons. The quantitative estimate of drug-likeness (QED) is 0.487. The minimum absolute atomic E-state index is 0.241. The summed E-state index contributed by atoms with van der Waals surface area (Å²) in [6, 6.07) is 15.7. The number of hydrogen-bond donors (Lipinski definition) is 0. The van der Waals surface area contributed by atoms with E-state index in [4.69, 9.17) is 9.47 Å². The maximum Gasteiger partial charge on any atom is 0.293 e. The van der Waals surface area contributed by atoms with Crippen molar-refractivity contribution >= 4 is 29.0 Å². The van der Waals surface area contributed by atoms with Crippen LogP contribution in [0.5, 0.6) is 11.5 Å². The molecule has 0 unspecified atom stereocenters. The fourth-order valence-electron chi connectivity index (χ4n) is 4.24. The molecule has 0 spiro atoms. The van der Waals surface area contributed by atoms with Gasteiger partial charge in [0.25, 0.3) is 11.1 Å². The Morgan fingerprint density at radius 1 is 0.970 bits per heavy atom. The van der Waals surface area contributed by atoms with E-state index >= 15 is 0 Å².